The van der Waals surface area contributed by atoms with Crippen LogP contribution >= 0.6 is 11.6 Å². The second-order valence-electron chi connectivity index (χ2n) is 4.61. The number of rotatable bonds is 4. The maximum absolute atomic E-state index is 10.5. The molecule has 98 valence electrons. The van der Waals surface area contributed by atoms with Crippen LogP contribution in [0.5, 0.6) is 0 Å². The number of ether oxygens (including phenoxy) is 1. The Hall–Kier alpha value is -1.06. The molecule has 1 heterocycles. The molecule has 1 aromatic carbocycles. The van der Waals surface area contributed by atoms with Crippen molar-refractivity contribution in [3.8, 4) is 0 Å². The number of hydrogen-bond acceptors (Lipinski definition) is 3. The summed E-state index contributed by atoms with van der Waals surface area (Å²) >= 11 is 6.34. The van der Waals surface area contributed by atoms with Crippen LogP contribution < -0.4 is 4.90 Å². The first-order valence-corrected chi connectivity index (χ1v) is 6.66. The molecule has 0 N–H and O–H groups in total. The Labute approximate surface area is 113 Å². The summed E-state index contributed by atoms with van der Waals surface area (Å²) in [6.07, 6.45) is 1.49. The number of morpholine rings is 1. The lowest BCUT2D eigenvalue weighted by Gasteiger charge is -2.30. The molecule has 3 nitrogen and oxygen atoms in total. The molecule has 1 aliphatic heterocycles. The third kappa shape index (κ3) is 3.03. The van der Waals surface area contributed by atoms with E-state index < -0.39 is 0 Å². The summed E-state index contributed by atoms with van der Waals surface area (Å²) in [5.74, 6) is 0.221. The summed E-state index contributed by atoms with van der Waals surface area (Å²) in [7, 11) is 0. The number of benzene rings is 1. The number of anilines is 1. The van der Waals surface area contributed by atoms with Gasteiger partial charge < -0.3 is 14.4 Å². The minimum atomic E-state index is 0.221. The van der Waals surface area contributed by atoms with E-state index >= 15 is 0 Å². The number of carbonyl (C=O) groups is 1. The molecular weight excluding hydrogens is 250 g/mol. The van der Waals surface area contributed by atoms with Crippen LogP contribution in [0.1, 0.15) is 24.8 Å². The van der Waals surface area contributed by atoms with E-state index in [1.807, 2.05) is 19.1 Å². The number of hydrogen-bond donors (Lipinski definition) is 0. The number of halogens is 1. The first-order valence-electron chi connectivity index (χ1n) is 6.28. The monoisotopic (exact) mass is 267 g/mol. The molecule has 0 aliphatic carbocycles. The van der Waals surface area contributed by atoms with Gasteiger partial charge in [-0.2, -0.15) is 0 Å². The summed E-state index contributed by atoms with van der Waals surface area (Å²) in [4.78, 5) is 12.8. The van der Waals surface area contributed by atoms with Gasteiger partial charge in [0.25, 0.3) is 0 Å². The molecular formula is C14H18ClNO2. The van der Waals surface area contributed by atoms with Gasteiger partial charge in [0.05, 0.1) is 23.9 Å². The Morgan fingerprint density at radius 3 is 2.78 bits per heavy atom. The van der Waals surface area contributed by atoms with Gasteiger partial charge in [0.1, 0.15) is 6.29 Å². The van der Waals surface area contributed by atoms with E-state index in [0.29, 0.717) is 6.42 Å². The Bertz CT molecular complexity index is 416. The molecule has 0 bridgehead atoms. The number of carbonyl (C=O) groups excluding carboxylic acids is 1. The summed E-state index contributed by atoms with van der Waals surface area (Å²) < 4.78 is 5.33. The van der Waals surface area contributed by atoms with Crippen molar-refractivity contribution in [1.82, 2.24) is 0 Å². The van der Waals surface area contributed by atoms with Crippen molar-refractivity contribution in [1.29, 1.82) is 0 Å². The molecule has 2 rings (SSSR count). The zero-order valence-corrected chi connectivity index (χ0v) is 11.3. The van der Waals surface area contributed by atoms with Gasteiger partial charge in [-0.05, 0) is 23.6 Å². The minimum absolute atomic E-state index is 0.221. The molecule has 4 heteroatoms. The quantitative estimate of drug-likeness (QED) is 0.786. The maximum atomic E-state index is 10.5. The van der Waals surface area contributed by atoms with E-state index in [4.69, 9.17) is 16.3 Å². The minimum Gasteiger partial charge on any atom is -0.378 e. The summed E-state index contributed by atoms with van der Waals surface area (Å²) in [6, 6.07) is 6.08. The van der Waals surface area contributed by atoms with Crippen molar-refractivity contribution in [2.45, 2.75) is 19.3 Å². The molecule has 0 radical (unpaired) electrons. The van der Waals surface area contributed by atoms with E-state index in [1.165, 1.54) is 0 Å². The predicted octanol–water partition coefficient (Wildman–Crippen LogP) is 2.87. The van der Waals surface area contributed by atoms with Gasteiger partial charge >= 0.3 is 0 Å². The first kappa shape index (κ1) is 13.4. The average molecular weight is 268 g/mol. The van der Waals surface area contributed by atoms with Crippen molar-refractivity contribution in [2.24, 2.45) is 0 Å². The van der Waals surface area contributed by atoms with Gasteiger partial charge in [-0.3, -0.25) is 0 Å². The van der Waals surface area contributed by atoms with Crippen molar-refractivity contribution in [3.63, 3.8) is 0 Å². The van der Waals surface area contributed by atoms with Crippen LogP contribution in [0.4, 0.5) is 5.69 Å². The molecule has 18 heavy (non-hydrogen) atoms. The van der Waals surface area contributed by atoms with Crippen LogP contribution in [0.3, 0.4) is 0 Å². The Kier molecular flexibility index (Phi) is 4.61. The summed E-state index contributed by atoms with van der Waals surface area (Å²) in [5.41, 5.74) is 2.17. The number of nitrogens with zero attached hydrogens (tertiary/aromatic N) is 1. The van der Waals surface area contributed by atoms with Gasteiger partial charge in [-0.25, -0.2) is 0 Å². The lowest BCUT2D eigenvalue weighted by Crippen LogP contribution is -2.36. The van der Waals surface area contributed by atoms with Gasteiger partial charge in [0.2, 0.25) is 0 Å². The molecule has 1 unspecified atom stereocenters. The lowest BCUT2D eigenvalue weighted by atomic mass is 9.98. The largest absolute Gasteiger partial charge is 0.378 e. The molecule has 1 saturated heterocycles. The Morgan fingerprint density at radius 2 is 2.17 bits per heavy atom. The van der Waals surface area contributed by atoms with Gasteiger partial charge in [0.15, 0.2) is 0 Å². The fourth-order valence-electron chi connectivity index (χ4n) is 2.17. The molecule has 1 aliphatic rings. The molecule has 1 aromatic rings. The SMILES string of the molecule is CC(CC=O)c1ccc(N2CCOCC2)c(Cl)c1. The molecule has 1 fully saturated rings. The van der Waals surface area contributed by atoms with E-state index in [9.17, 15) is 4.79 Å². The standard InChI is InChI=1S/C14H18ClNO2/c1-11(4-7-17)12-2-3-14(13(15)10-12)16-5-8-18-9-6-16/h2-3,7,10-11H,4-6,8-9H2,1H3. The fraction of sp³-hybridized carbons (Fsp3) is 0.500. The normalized spacial score (nSPS) is 17.6. The van der Waals surface area contributed by atoms with Gasteiger partial charge in [0, 0.05) is 19.5 Å². The van der Waals surface area contributed by atoms with Crippen LogP contribution in [-0.4, -0.2) is 32.6 Å². The first-order chi connectivity index (χ1) is 8.72. The highest BCUT2D eigenvalue weighted by Crippen LogP contribution is 2.30. The molecule has 1 atom stereocenters. The summed E-state index contributed by atoms with van der Waals surface area (Å²) in [6.45, 7) is 5.29. The predicted molar refractivity (Wildman–Crippen MR) is 73.6 cm³/mol. The van der Waals surface area contributed by atoms with E-state index in [1.54, 1.807) is 0 Å². The van der Waals surface area contributed by atoms with Gasteiger partial charge in [-0.15, -0.1) is 0 Å². The van der Waals surface area contributed by atoms with Crippen molar-refractivity contribution in [2.75, 3.05) is 31.2 Å². The zero-order chi connectivity index (χ0) is 13.0. The van der Waals surface area contributed by atoms with E-state index in [-0.39, 0.29) is 5.92 Å². The fourth-order valence-corrected chi connectivity index (χ4v) is 2.48. The van der Waals surface area contributed by atoms with Crippen LogP contribution in [-0.2, 0) is 9.53 Å². The smallest absolute Gasteiger partial charge is 0.120 e. The average Bonchev–Trinajstić information content (AvgIpc) is 2.40. The van der Waals surface area contributed by atoms with Crippen LogP contribution in [0.15, 0.2) is 18.2 Å². The highest BCUT2D eigenvalue weighted by molar-refractivity contribution is 6.33. The van der Waals surface area contributed by atoms with Crippen molar-refractivity contribution >= 4 is 23.6 Å². The van der Waals surface area contributed by atoms with Crippen molar-refractivity contribution < 1.29 is 9.53 Å². The van der Waals surface area contributed by atoms with Gasteiger partial charge in [-0.1, -0.05) is 24.6 Å². The van der Waals surface area contributed by atoms with E-state index in [0.717, 1.165) is 48.9 Å². The topological polar surface area (TPSA) is 29.5 Å². The van der Waals surface area contributed by atoms with Crippen LogP contribution in [0.2, 0.25) is 5.02 Å². The molecule has 0 aromatic heterocycles. The maximum Gasteiger partial charge on any atom is 0.120 e. The second kappa shape index (κ2) is 6.21. The highest BCUT2D eigenvalue weighted by Gasteiger charge is 2.15. The van der Waals surface area contributed by atoms with Crippen LogP contribution in [0.25, 0.3) is 0 Å². The van der Waals surface area contributed by atoms with Crippen LogP contribution in [0, 0.1) is 0 Å². The lowest BCUT2D eigenvalue weighted by molar-refractivity contribution is -0.108. The third-order valence-electron chi connectivity index (χ3n) is 3.34. The number of aldehydes is 1. The van der Waals surface area contributed by atoms with Crippen molar-refractivity contribution in [3.05, 3.63) is 28.8 Å². The third-order valence-corrected chi connectivity index (χ3v) is 3.65. The zero-order valence-electron chi connectivity index (χ0n) is 10.6. The second-order valence-corrected chi connectivity index (χ2v) is 5.02. The highest BCUT2D eigenvalue weighted by atomic mass is 35.5. The van der Waals surface area contributed by atoms with E-state index in [2.05, 4.69) is 11.0 Å². The molecule has 0 saturated carbocycles. The Balaban J connectivity index is 2.16. The summed E-state index contributed by atoms with van der Waals surface area (Å²) in [5, 5.41) is 0.757. The Morgan fingerprint density at radius 1 is 1.44 bits per heavy atom. The molecule has 0 spiro atoms. The molecule has 0 amide bonds.